The van der Waals surface area contributed by atoms with E-state index in [9.17, 15) is 13.2 Å². The summed E-state index contributed by atoms with van der Waals surface area (Å²) in [6.45, 7) is 4.10. The van der Waals surface area contributed by atoms with Gasteiger partial charge in [-0.2, -0.15) is 9.41 Å². The maximum absolute atomic E-state index is 13.7. The normalized spacial score (nSPS) is 11.8. The van der Waals surface area contributed by atoms with Gasteiger partial charge in [0.25, 0.3) is 5.91 Å². The molecule has 218 valence electrons. The number of aryl methyl sites for hydroxylation is 2. The van der Waals surface area contributed by atoms with Gasteiger partial charge in [0.1, 0.15) is 11.5 Å². The number of nitrogens with one attached hydrogen (secondary N) is 1. The SMILES string of the molecule is Cc1ccc(CN(Cc2ccc(/C=N\NC(=O)C(c3ccccc3)c3ccccc3)o2)S(=O)(=O)c2ccc(C)cc2)cc1. The first-order valence-electron chi connectivity index (χ1n) is 13.9. The molecule has 0 spiro atoms. The number of sulfonamides is 1. The summed E-state index contributed by atoms with van der Waals surface area (Å²) >= 11 is 0. The molecular formula is C35H33N3O4S. The Bertz CT molecular complexity index is 1740. The molecule has 1 aromatic heterocycles. The summed E-state index contributed by atoms with van der Waals surface area (Å²) in [4.78, 5) is 13.4. The molecule has 0 atom stereocenters. The monoisotopic (exact) mass is 591 g/mol. The Kier molecular flexibility index (Phi) is 9.29. The van der Waals surface area contributed by atoms with Crippen LogP contribution >= 0.6 is 0 Å². The molecule has 0 saturated carbocycles. The molecule has 0 aliphatic rings. The number of hydrogen-bond acceptors (Lipinski definition) is 5. The van der Waals surface area contributed by atoms with E-state index in [2.05, 4.69) is 10.5 Å². The maximum Gasteiger partial charge on any atom is 0.252 e. The van der Waals surface area contributed by atoms with Crippen LogP contribution in [-0.2, 0) is 27.9 Å². The van der Waals surface area contributed by atoms with Crippen molar-refractivity contribution in [1.29, 1.82) is 0 Å². The highest BCUT2D eigenvalue weighted by atomic mass is 32.2. The minimum atomic E-state index is -3.82. The summed E-state index contributed by atoms with van der Waals surface area (Å²) in [5.41, 5.74) is 7.27. The first kappa shape index (κ1) is 29.7. The van der Waals surface area contributed by atoms with Crippen molar-refractivity contribution in [3.05, 3.63) is 161 Å². The van der Waals surface area contributed by atoms with Gasteiger partial charge >= 0.3 is 0 Å². The van der Waals surface area contributed by atoms with E-state index in [1.165, 1.54) is 10.5 Å². The topological polar surface area (TPSA) is 92.0 Å². The minimum absolute atomic E-state index is 0.0222. The van der Waals surface area contributed by atoms with Crippen LogP contribution in [0, 0.1) is 13.8 Å². The molecule has 8 heteroatoms. The van der Waals surface area contributed by atoms with Gasteiger partial charge in [0.15, 0.2) is 0 Å². The van der Waals surface area contributed by atoms with E-state index in [0.717, 1.165) is 27.8 Å². The third-order valence-corrected chi connectivity index (χ3v) is 8.85. The van der Waals surface area contributed by atoms with Crippen molar-refractivity contribution < 1.29 is 17.6 Å². The molecule has 0 aliphatic heterocycles. The van der Waals surface area contributed by atoms with E-state index in [4.69, 9.17) is 4.42 Å². The molecule has 5 rings (SSSR count). The lowest BCUT2D eigenvalue weighted by Gasteiger charge is -2.21. The summed E-state index contributed by atoms with van der Waals surface area (Å²) in [6, 6.07) is 37.0. The first-order valence-corrected chi connectivity index (χ1v) is 15.4. The largest absolute Gasteiger partial charge is 0.459 e. The van der Waals surface area contributed by atoms with E-state index < -0.39 is 15.9 Å². The van der Waals surface area contributed by atoms with Crippen LogP contribution in [0.4, 0.5) is 0 Å². The van der Waals surface area contributed by atoms with E-state index >= 15 is 0 Å². The molecule has 7 nitrogen and oxygen atoms in total. The van der Waals surface area contributed by atoms with Crippen molar-refractivity contribution in [2.24, 2.45) is 5.10 Å². The zero-order valence-electron chi connectivity index (χ0n) is 24.1. The number of rotatable bonds is 11. The van der Waals surface area contributed by atoms with Crippen LogP contribution in [0.2, 0.25) is 0 Å². The highest BCUT2D eigenvalue weighted by Gasteiger charge is 2.26. The van der Waals surface area contributed by atoms with Crippen LogP contribution in [-0.4, -0.2) is 24.8 Å². The number of carbonyl (C=O) groups is 1. The second-order valence-electron chi connectivity index (χ2n) is 10.4. The average Bonchev–Trinajstić information content (AvgIpc) is 3.46. The van der Waals surface area contributed by atoms with Gasteiger partial charge < -0.3 is 4.42 Å². The molecule has 43 heavy (non-hydrogen) atoms. The molecule has 4 aromatic carbocycles. The van der Waals surface area contributed by atoms with Gasteiger partial charge in [0.2, 0.25) is 10.0 Å². The molecule has 1 heterocycles. The number of furan rings is 1. The van der Waals surface area contributed by atoms with Gasteiger partial charge in [-0.1, -0.05) is 108 Å². The number of nitrogens with zero attached hydrogens (tertiary/aromatic N) is 2. The lowest BCUT2D eigenvalue weighted by atomic mass is 9.91. The minimum Gasteiger partial charge on any atom is -0.459 e. The summed E-state index contributed by atoms with van der Waals surface area (Å²) in [6.07, 6.45) is 1.41. The van der Waals surface area contributed by atoms with Crippen molar-refractivity contribution >= 4 is 22.1 Å². The van der Waals surface area contributed by atoms with E-state index in [-0.39, 0.29) is 23.9 Å². The zero-order chi connectivity index (χ0) is 30.2. The summed E-state index contributed by atoms with van der Waals surface area (Å²) in [5.74, 6) is 0.0132. The molecule has 0 unspecified atom stereocenters. The second-order valence-corrected chi connectivity index (χ2v) is 12.3. The lowest BCUT2D eigenvalue weighted by Crippen LogP contribution is -2.30. The third kappa shape index (κ3) is 7.54. The Hall–Kier alpha value is -4.79. The molecule has 0 aliphatic carbocycles. The highest BCUT2D eigenvalue weighted by Crippen LogP contribution is 2.25. The molecule has 0 bridgehead atoms. The Balaban J connectivity index is 1.32. The van der Waals surface area contributed by atoms with Gasteiger partial charge in [0.05, 0.1) is 23.6 Å². The fourth-order valence-corrected chi connectivity index (χ4v) is 6.11. The van der Waals surface area contributed by atoms with Crippen LogP contribution in [0.3, 0.4) is 0 Å². The Morgan fingerprint density at radius 3 is 1.91 bits per heavy atom. The number of benzene rings is 4. The fraction of sp³-hybridized carbons (Fsp3) is 0.143. The molecule has 5 aromatic rings. The van der Waals surface area contributed by atoms with Crippen LogP contribution in [0.5, 0.6) is 0 Å². The highest BCUT2D eigenvalue weighted by molar-refractivity contribution is 7.89. The van der Waals surface area contributed by atoms with Crippen LogP contribution in [0.15, 0.2) is 136 Å². The fourth-order valence-electron chi connectivity index (χ4n) is 4.72. The van der Waals surface area contributed by atoms with Crippen molar-refractivity contribution in [3.8, 4) is 0 Å². The number of hydrazone groups is 1. The first-order chi connectivity index (χ1) is 20.8. The zero-order valence-corrected chi connectivity index (χ0v) is 24.9. The smallest absolute Gasteiger partial charge is 0.252 e. The predicted molar refractivity (Wildman–Crippen MR) is 168 cm³/mol. The third-order valence-electron chi connectivity index (χ3n) is 7.05. The molecule has 1 amide bonds. The van der Waals surface area contributed by atoms with Gasteiger partial charge in [-0.05, 0) is 54.8 Å². The van der Waals surface area contributed by atoms with Crippen molar-refractivity contribution in [3.63, 3.8) is 0 Å². The molecular weight excluding hydrogens is 558 g/mol. The molecule has 1 N–H and O–H groups in total. The standard InChI is InChI=1S/C35H33N3O4S/c1-26-13-17-28(18-14-26)24-38(43(40,41)33-21-15-27(2)16-22-33)25-32-20-19-31(42-32)23-36-37-35(39)34(29-9-5-3-6-10-29)30-11-7-4-8-12-30/h3-23,34H,24-25H2,1-2H3,(H,37,39)/b36-23-. The van der Waals surface area contributed by atoms with Gasteiger partial charge in [-0.25, -0.2) is 13.8 Å². The Morgan fingerprint density at radius 2 is 1.33 bits per heavy atom. The van der Waals surface area contributed by atoms with Gasteiger partial charge in [0, 0.05) is 6.54 Å². The number of carbonyl (C=O) groups excluding carboxylic acids is 1. The van der Waals surface area contributed by atoms with E-state index in [1.54, 1.807) is 36.4 Å². The number of hydrogen-bond donors (Lipinski definition) is 1. The Morgan fingerprint density at radius 1 is 0.767 bits per heavy atom. The van der Waals surface area contributed by atoms with Crippen LogP contribution in [0.25, 0.3) is 0 Å². The summed E-state index contributed by atoms with van der Waals surface area (Å²) in [5, 5.41) is 4.14. The van der Waals surface area contributed by atoms with E-state index in [0.29, 0.717) is 11.5 Å². The van der Waals surface area contributed by atoms with Crippen molar-refractivity contribution in [1.82, 2.24) is 9.73 Å². The predicted octanol–water partition coefficient (Wildman–Crippen LogP) is 6.57. The lowest BCUT2D eigenvalue weighted by molar-refractivity contribution is -0.121. The van der Waals surface area contributed by atoms with E-state index in [1.807, 2.05) is 98.8 Å². The van der Waals surface area contributed by atoms with Crippen LogP contribution < -0.4 is 5.43 Å². The Labute approximate surface area is 252 Å². The van der Waals surface area contributed by atoms with Crippen LogP contribution in [0.1, 0.15) is 45.3 Å². The number of amides is 1. The van der Waals surface area contributed by atoms with Gasteiger partial charge in [-0.3, -0.25) is 4.79 Å². The summed E-state index contributed by atoms with van der Waals surface area (Å²) < 4.78 is 34.7. The van der Waals surface area contributed by atoms with Crippen molar-refractivity contribution in [2.75, 3.05) is 0 Å². The molecule has 0 saturated heterocycles. The maximum atomic E-state index is 13.7. The van der Waals surface area contributed by atoms with Gasteiger partial charge in [-0.15, -0.1) is 0 Å². The quantitative estimate of drug-likeness (QED) is 0.139. The molecule has 0 radical (unpaired) electrons. The summed E-state index contributed by atoms with van der Waals surface area (Å²) in [7, 11) is -3.82. The van der Waals surface area contributed by atoms with Crippen molar-refractivity contribution in [2.45, 2.75) is 37.8 Å². The molecule has 0 fully saturated rings. The average molecular weight is 592 g/mol. The second kappa shape index (κ2) is 13.5.